The van der Waals surface area contributed by atoms with Crippen molar-refractivity contribution in [2.75, 3.05) is 13.1 Å². The molecular formula is C15H23NO2. The summed E-state index contributed by atoms with van der Waals surface area (Å²) in [5.41, 5.74) is 1.90. The number of amides is 1. The summed E-state index contributed by atoms with van der Waals surface area (Å²) in [6.45, 7) is 10.2. The largest absolute Gasteiger partial charge is 0.389 e. The number of aliphatic hydroxyl groups is 1. The van der Waals surface area contributed by atoms with Crippen molar-refractivity contribution in [1.29, 1.82) is 0 Å². The van der Waals surface area contributed by atoms with Crippen LogP contribution >= 0.6 is 0 Å². The molecule has 0 aliphatic carbocycles. The lowest BCUT2D eigenvalue weighted by Crippen LogP contribution is -2.42. The van der Waals surface area contributed by atoms with Crippen molar-refractivity contribution in [2.45, 2.75) is 40.2 Å². The summed E-state index contributed by atoms with van der Waals surface area (Å²) in [4.78, 5) is 14.1. The quantitative estimate of drug-likeness (QED) is 0.890. The topological polar surface area (TPSA) is 40.5 Å². The fourth-order valence-electron chi connectivity index (χ4n) is 1.93. The molecule has 1 rings (SSSR count). The molecule has 0 saturated carbocycles. The van der Waals surface area contributed by atoms with Crippen LogP contribution in [-0.2, 0) is 0 Å². The van der Waals surface area contributed by atoms with E-state index in [4.69, 9.17) is 0 Å². The molecule has 3 heteroatoms. The average Bonchev–Trinajstić information content (AvgIpc) is 2.27. The standard InChI is InChI=1S/C15H23NO2/c1-6-16(10-15(4,5)18)14(17)13-9-11(2)7-8-12(13)3/h7-9,18H,6,10H2,1-5H3. The Morgan fingerprint density at radius 3 is 2.44 bits per heavy atom. The molecule has 1 aromatic rings. The van der Waals surface area contributed by atoms with Crippen LogP contribution in [0.5, 0.6) is 0 Å². The molecule has 0 aliphatic rings. The van der Waals surface area contributed by atoms with Crippen LogP contribution in [0, 0.1) is 13.8 Å². The molecule has 3 nitrogen and oxygen atoms in total. The fourth-order valence-corrected chi connectivity index (χ4v) is 1.93. The summed E-state index contributed by atoms with van der Waals surface area (Å²) >= 11 is 0. The van der Waals surface area contributed by atoms with E-state index in [0.717, 1.165) is 16.7 Å². The monoisotopic (exact) mass is 249 g/mol. The van der Waals surface area contributed by atoms with Crippen molar-refractivity contribution >= 4 is 5.91 Å². The maximum atomic E-state index is 12.4. The second-order valence-corrected chi connectivity index (χ2v) is 5.45. The van der Waals surface area contributed by atoms with Gasteiger partial charge in [0.1, 0.15) is 0 Å². The Kier molecular flexibility index (Phi) is 4.52. The first kappa shape index (κ1) is 14.7. The van der Waals surface area contributed by atoms with Crippen LogP contribution in [0.15, 0.2) is 18.2 Å². The molecular weight excluding hydrogens is 226 g/mol. The van der Waals surface area contributed by atoms with Gasteiger partial charge in [0.05, 0.1) is 5.60 Å². The Hall–Kier alpha value is -1.35. The van der Waals surface area contributed by atoms with Crippen LogP contribution in [0.25, 0.3) is 0 Å². The molecule has 100 valence electrons. The van der Waals surface area contributed by atoms with E-state index in [-0.39, 0.29) is 5.91 Å². The minimum Gasteiger partial charge on any atom is -0.389 e. The zero-order valence-corrected chi connectivity index (χ0v) is 11.9. The summed E-state index contributed by atoms with van der Waals surface area (Å²) in [7, 11) is 0. The van der Waals surface area contributed by atoms with E-state index >= 15 is 0 Å². The predicted molar refractivity (Wildman–Crippen MR) is 73.8 cm³/mol. The highest BCUT2D eigenvalue weighted by atomic mass is 16.3. The molecule has 0 radical (unpaired) electrons. The van der Waals surface area contributed by atoms with Gasteiger partial charge in [0.15, 0.2) is 0 Å². The lowest BCUT2D eigenvalue weighted by atomic mass is 10.0. The maximum absolute atomic E-state index is 12.4. The minimum absolute atomic E-state index is 0.0131. The lowest BCUT2D eigenvalue weighted by Gasteiger charge is -2.28. The van der Waals surface area contributed by atoms with Gasteiger partial charge >= 0.3 is 0 Å². The van der Waals surface area contributed by atoms with E-state index in [9.17, 15) is 9.90 Å². The number of nitrogens with zero attached hydrogens (tertiary/aromatic N) is 1. The number of hydrogen-bond donors (Lipinski definition) is 1. The second kappa shape index (κ2) is 5.53. The van der Waals surface area contributed by atoms with Gasteiger partial charge in [-0.3, -0.25) is 4.79 Å². The third-order valence-electron chi connectivity index (χ3n) is 2.87. The number of benzene rings is 1. The Labute approximate surface area is 109 Å². The predicted octanol–water partition coefficient (Wildman–Crippen LogP) is 2.54. The van der Waals surface area contributed by atoms with Crippen LogP contribution in [-0.4, -0.2) is 34.6 Å². The van der Waals surface area contributed by atoms with Crippen LogP contribution in [0.1, 0.15) is 42.3 Å². The number of carbonyl (C=O) groups is 1. The van der Waals surface area contributed by atoms with Gasteiger partial charge in [0.2, 0.25) is 0 Å². The van der Waals surface area contributed by atoms with E-state index < -0.39 is 5.60 Å². The van der Waals surface area contributed by atoms with Gasteiger partial charge in [0.25, 0.3) is 5.91 Å². The number of rotatable bonds is 4. The molecule has 0 aromatic heterocycles. The van der Waals surface area contributed by atoms with E-state index in [1.807, 2.05) is 39.0 Å². The fraction of sp³-hybridized carbons (Fsp3) is 0.533. The molecule has 0 unspecified atom stereocenters. The van der Waals surface area contributed by atoms with Gasteiger partial charge in [-0.15, -0.1) is 0 Å². The normalized spacial score (nSPS) is 11.4. The van der Waals surface area contributed by atoms with Crippen molar-refractivity contribution < 1.29 is 9.90 Å². The first-order chi connectivity index (χ1) is 8.24. The number of likely N-dealkylation sites (N-methyl/N-ethyl adjacent to an activating group) is 1. The highest BCUT2D eigenvalue weighted by molar-refractivity contribution is 5.95. The summed E-state index contributed by atoms with van der Waals surface area (Å²) in [6.07, 6.45) is 0. The molecule has 0 saturated heterocycles. The summed E-state index contributed by atoms with van der Waals surface area (Å²) < 4.78 is 0. The molecule has 0 heterocycles. The van der Waals surface area contributed by atoms with Crippen molar-refractivity contribution in [3.05, 3.63) is 34.9 Å². The smallest absolute Gasteiger partial charge is 0.254 e. The lowest BCUT2D eigenvalue weighted by molar-refractivity contribution is 0.0314. The average molecular weight is 249 g/mol. The number of carbonyl (C=O) groups excluding carboxylic acids is 1. The molecule has 0 fully saturated rings. The Bertz CT molecular complexity index is 433. The van der Waals surface area contributed by atoms with Crippen molar-refractivity contribution in [2.24, 2.45) is 0 Å². The number of aryl methyl sites for hydroxylation is 2. The molecule has 1 N–H and O–H groups in total. The minimum atomic E-state index is -0.872. The first-order valence-corrected chi connectivity index (χ1v) is 6.33. The van der Waals surface area contributed by atoms with E-state index in [1.165, 1.54) is 0 Å². The molecule has 18 heavy (non-hydrogen) atoms. The molecule has 1 amide bonds. The zero-order chi connectivity index (χ0) is 13.9. The van der Waals surface area contributed by atoms with Crippen molar-refractivity contribution in [3.63, 3.8) is 0 Å². The molecule has 0 spiro atoms. The molecule has 0 bridgehead atoms. The zero-order valence-electron chi connectivity index (χ0n) is 11.9. The van der Waals surface area contributed by atoms with Gasteiger partial charge < -0.3 is 10.0 Å². The van der Waals surface area contributed by atoms with Gasteiger partial charge in [-0.1, -0.05) is 17.7 Å². The van der Waals surface area contributed by atoms with Gasteiger partial charge in [-0.2, -0.15) is 0 Å². The maximum Gasteiger partial charge on any atom is 0.254 e. The third-order valence-corrected chi connectivity index (χ3v) is 2.87. The first-order valence-electron chi connectivity index (χ1n) is 6.33. The van der Waals surface area contributed by atoms with Gasteiger partial charge in [0, 0.05) is 18.7 Å². The number of hydrogen-bond acceptors (Lipinski definition) is 2. The van der Waals surface area contributed by atoms with Gasteiger partial charge in [-0.25, -0.2) is 0 Å². The SMILES string of the molecule is CCN(CC(C)(C)O)C(=O)c1cc(C)ccc1C. The summed E-state index contributed by atoms with van der Waals surface area (Å²) in [6, 6.07) is 5.86. The molecule has 1 aromatic carbocycles. The highest BCUT2D eigenvalue weighted by Gasteiger charge is 2.23. The van der Waals surface area contributed by atoms with Crippen LogP contribution in [0.4, 0.5) is 0 Å². The third kappa shape index (κ3) is 3.84. The van der Waals surface area contributed by atoms with Crippen molar-refractivity contribution in [1.82, 2.24) is 4.90 Å². The van der Waals surface area contributed by atoms with Gasteiger partial charge in [-0.05, 0) is 46.2 Å². The van der Waals surface area contributed by atoms with E-state index in [1.54, 1.807) is 18.7 Å². The van der Waals surface area contributed by atoms with Crippen LogP contribution < -0.4 is 0 Å². The second-order valence-electron chi connectivity index (χ2n) is 5.45. The summed E-state index contributed by atoms with van der Waals surface area (Å²) in [5, 5.41) is 9.84. The Morgan fingerprint density at radius 1 is 1.33 bits per heavy atom. The van der Waals surface area contributed by atoms with Crippen LogP contribution in [0.2, 0.25) is 0 Å². The highest BCUT2D eigenvalue weighted by Crippen LogP contribution is 2.15. The van der Waals surface area contributed by atoms with E-state index in [2.05, 4.69) is 0 Å². The Balaban J connectivity index is 3.00. The molecule has 0 aliphatic heterocycles. The van der Waals surface area contributed by atoms with Crippen molar-refractivity contribution in [3.8, 4) is 0 Å². The van der Waals surface area contributed by atoms with Crippen LogP contribution in [0.3, 0.4) is 0 Å². The Morgan fingerprint density at radius 2 is 1.94 bits per heavy atom. The summed E-state index contributed by atoms with van der Waals surface area (Å²) in [5.74, 6) is -0.0131. The van der Waals surface area contributed by atoms with E-state index in [0.29, 0.717) is 13.1 Å². The molecule has 0 atom stereocenters.